The van der Waals surface area contributed by atoms with Crippen molar-refractivity contribution in [2.24, 2.45) is 0 Å². The van der Waals surface area contributed by atoms with Crippen LogP contribution in [0, 0.1) is 0 Å². The maximum atomic E-state index is 13.0. The summed E-state index contributed by atoms with van der Waals surface area (Å²) in [4.78, 5) is 96.2. The standard InChI is InChI=1S/C25H28N4O.2C24H29N3O3.C23H27N3O3/c1-28(2)25(19-8-4-3-5-9-19)15-13-24(14-16-25)18-29(23(30)27-24)22-12-6-11-21-20(22)10-7-17-26-21;1-26(2)24(19-9-5-4-6-10-19)14-12-23(13-15-24)17-27(22(29)25-23)20-11-7-8-18(16-20)21(28)30-3;1-26(2)24(19-7-5-4-6-8-19)15-13-23(14-16-24)17-27(22(29)25-23)20-11-9-18(10-12-20)21(28)30-3;1-25(2)23(17-6-4-3-5-7-17)12-10-22(11-13-23)15-26(21(27)24-22)18-8-9-19-20(14-18)29-16-28-19/h3-12,17H,13-16,18H2,1-2H3,(H,27,30);4-11,16H,12-15,17H2,1-3H3,(H,25,29);4-12H,13-17H2,1-3H3,(H,25,29);3-9,14H,10-13,15-16H2,1-2H3,(H,24,27). The monoisotopic (exact) mass is 1610 g/mol. The molecule has 8 fully saturated rings. The average Bonchev–Trinajstić information content (AvgIpc) is 1.64. The number of rotatable bonds is 14. The molecule has 1 aromatic heterocycles. The van der Waals surface area contributed by atoms with Crippen LogP contribution >= 0.6 is 0 Å². The fraction of sp³-hybridized carbons (Fsp3) is 0.406. The van der Waals surface area contributed by atoms with Gasteiger partial charge in [-0.1, -0.05) is 133 Å². The van der Waals surface area contributed by atoms with Crippen LogP contribution in [0.25, 0.3) is 10.9 Å². The molecule has 5 aliphatic heterocycles. The Bertz CT molecular complexity index is 5110. The van der Waals surface area contributed by atoms with E-state index in [-0.39, 0.29) is 81.2 Å². The molecular weight excluding hydrogens is 1500 g/mol. The van der Waals surface area contributed by atoms with Gasteiger partial charge in [-0.05, 0) is 260 Å². The van der Waals surface area contributed by atoms with E-state index in [0.717, 1.165) is 142 Å². The summed E-state index contributed by atoms with van der Waals surface area (Å²) in [6, 6.07) is 72.4. The molecular formula is C96H113N13O10. The van der Waals surface area contributed by atoms with E-state index < -0.39 is 5.97 Å². The zero-order valence-corrected chi connectivity index (χ0v) is 70.3. The highest BCUT2D eigenvalue weighted by atomic mass is 16.7. The van der Waals surface area contributed by atoms with Gasteiger partial charge in [-0.2, -0.15) is 0 Å². The molecule has 8 amide bonds. The average molecular weight is 1610 g/mol. The minimum Gasteiger partial charge on any atom is -0.465 e. The highest BCUT2D eigenvalue weighted by Gasteiger charge is 2.55. The second-order valence-corrected chi connectivity index (χ2v) is 34.8. The van der Waals surface area contributed by atoms with Gasteiger partial charge in [0.25, 0.3) is 0 Å². The molecule has 0 radical (unpaired) electrons. The van der Waals surface area contributed by atoms with E-state index in [1.807, 2.05) is 76.5 Å². The van der Waals surface area contributed by atoms with Gasteiger partial charge in [0.2, 0.25) is 6.79 Å². The smallest absolute Gasteiger partial charge is 0.337 e. The van der Waals surface area contributed by atoms with Gasteiger partial charge in [0.15, 0.2) is 11.5 Å². The van der Waals surface area contributed by atoms with Crippen molar-refractivity contribution in [1.82, 2.24) is 45.9 Å². The second-order valence-electron chi connectivity index (χ2n) is 34.8. The van der Waals surface area contributed by atoms with Crippen molar-refractivity contribution < 1.29 is 47.7 Å². The summed E-state index contributed by atoms with van der Waals surface area (Å²) >= 11 is 0. The van der Waals surface area contributed by atoms with Crippen LogP contribution in [0.5, 0.6) is 11.5 Å². The highest BCUT2D eigenvalue weighted by molar-refractivity contribution is 6.04. The first-order valence-corrected chi connectivity index (χ1v) is 41.7. The Hall–Kier alpha value is -11.4. The summed E-state index contributed by atoms with van der Waals surface area (Å²) < 4.78 is 20.4. The van der Waals surface area contributed by atoms with Crippen molar-refractivity contribution in [2.75, 3.05) is 123 Å². The van der Waals surface area contributed by atoms with Crippen LogP contribution < -0.4 is 50.3 Å². The molecule has 0 atom stereocenters. The predicted octanol–water partition coefficient (Wildman–Crippen LogP) is 15.8. The van der Waals surface area contributed by atoms with Crippen molar-refractivity contribution in [1.29, 1.82) is 0 Å². The number of benzene rings is 8. The molecule has 0 bridgehead atoms. The third-order valence-corrected chi connectivity index (χ3v) is 27.9. The Labute approximate surface area is 699 Å². The van der Waals surface area contributed by atoms with Crippen molar-refractivity contribution >= 4 is 69.7 Å². The molecule has 119 heavy (non-hydrogen) atoms. The molecule has 18 rings (SSSR count). The summed E-state index contributed by atoms with van der Waals surface area (Å²) in [6.45, 7) is 2.87. The molecule has 4 spiro atoms. The molecule has 4 aliphatic carbocycles. The summed E-state index contributed by atoms with van der Waals surface area (Å²) in [5.74, 6) is 0.662. The van der Waals surface area contributed by atoms with Gasteiger partial charge in [0, 0.05) is 56.9 Å². The largest absolute Gasteiger partial charge is 0.465 e. The molecule has 8 aromatic carbocycles. The number of carbonyl (C=O) groups excluding carboxylic acids is 6. The van der Waals surface area contributed by atoms with Crippen molar-refractivity contribution in [3.05, 3.63) is 258 Å². The Balaban J connectivity index is 0.000000124. The lowest BCUT2D eigenvalue weighted by Crippen LogP contribution is -2.54. The number of amides is 8. The van der Waals surface area contributed by atoms with Crippen LogP contribution in [0.1, 0.15) is 146 Å². The Morgan fingerprint density at radius 2 is 0.689 bits per heavy atom. The summed E-state index contributed by atoms with van der Waals surface area (Å²) in [7, 11) is 20.0. The van der Waals surface area contributed by atoms with Gasteiger partial charge < -0.3 is 40.2 Å². The predicted molar refractivity (Wildman–Crippen MR) is 465 cm³/mol. The van der Waals surface area contributed by atoms with Gasteiger partial charge in [-0.15, -0.1) is 0 Å². The number of nitrogens with zero attached hydrogens (tertiary/aromatic N) is 9. The number of aromatic nitrogens is 1. The van der Waals surface area contributed by atoms with E-state index in [9.17, 15) is 28.8 Å². The lowest BCUT2D eigenvalue weighted by atomic mass is 9.69. The molecule has 4 saturated carbocycles. The first-order valence-electron chi connectivity index (χ1n) is 41.7. The number of anilines is 4. The minimum absolute atomic E-state index is 0.00316. The van der Waals surface area contributed by atoms with E-state index in [1.165, 1.54) is 36.5 Å². The fourth-order valence-corrected chi connectivity index (χ4v) is 20.5. The summed E-state index contributed by atoms with van der Waals surface area (Å²) in [6.07, 6.45) is 17.3. The lowest BCUT2D eigenvalue weighted by Gasteiger charge is -2.48. The Morgan fingerprint density at radius 1 is 0.345 bits per heavy atom. The number of pyridine rings is 1. The third-order valence-electron chi connectivity index (χ3n) is 27.9. The normalized spacial score (nSPS) is 26.7. The third kappa shape index (κ3) is 16.2. The van der Waals surface area contributed by atoms with Crippen molar-refractivity contribution in [2.45, 2.75) is 147 Å². The number of hydrogen-bond acceptors (Lipinski definition) is 15. The molecule has 4 saturated heterocycles. The first kappa shape index (κ1) is 82.7. The molecule has 9 aromatic rings. The van der Waals surface area contributed by atoms with Crippen LogP contribution in [0.15, 0.2) is 225 Å². The van der Waals surface area contributed by atoms with Crippen LogP contribution in [0.4, 0.5) is 41.9 Å². The van der Waals surface area contributed by atoms with Crippen molar-refractivity contribution in [3.63, 3.8) is 0 Å². The zero-order chi connectivity index (χ0) is 83.5. The number of fused-ring (bicyclic) bond motifs is 2. The SMILES string of the molecule is CN(C)C1(c2ccccc2)CCC2(CC1)CN(c1ccc3c(c1)OCO3)C(=O)N2.CN(C)C1(c2ccccc2)CCC2(CC1)CN(c1cccc3ncccc13)C(=O)N2.COC(=O)c1ccc(N2CC3(CCC(c4ccccc4)(N(C)C)CC3)NC2=O)cc1.COC(=O)c1cccc(N2CC3(CCC(c4ccccc4)(N(C)C)CC3)NC2=O)c1. The minimum atomic E-state index is -0.400. The number of ether oxygens (including phenoxy) is 4. The first-order chi connectivity index (χ1) is 57.3. The Kier molecular flexibility index (Phi) is 23.5. The van der Waals surface area contributed by atoms with Gasteiger partial charge >= 0.3 is 36.1 Å². The topological polar surface area (TPSA) is 226 Å². The Morgan fingerprint density at radius 3 is 1.08 bits per heavy atom. The quantitative estimate of drug-likeness (QED) is 0.0743. The van der Waals surface area contributed by atoms with E-state index >= 15 is 0 Å². The molecule has 622 valence electrons. The van der Waals surface area contributed by atoms with Crippen LogP contribution in [-0.4, -0.2) is 186 Å². The second kappa shape index (κ2) is 33.8. The van der Waals surface area contributed by atoms with E-state index in [2.05, 4.69) is 224 Å². The zero-order valence-electron chi connectivity index (χ0n) is 70.3. The van der Waals surface area contributed by atoms with Crippen LogP contribution in [-0.2, 0) is 31.6 Å². The maximum Gasteiger partial charge on any atom is 0.337 e. The van der Waals surface area contributed by atoms with Gasteiger partial charge in [0.05, 0.1) is 84.9 Å². The maximum absolute atomic E-state index is 13.0. The number of esters is 2. The van der Waals surface area contributed by atoms with Gasteiger partial charge in [0.1, 0.15) is 0 Å². The van der Waals surface area contributed by atoms with Gasteiger partial charge in [-0.3, -0.25) is 44.2 Å². The van der Waals surface area contributed by atoms with E-state index in [1.54, 1.807) is 46.3 Å². The van der Waals surface area contributed by atoms with Gasteiger partial charge in [-0.25, -0.2) is 28.8 Å². The van der Waals surface area contributed by atoms with Crippen LogP contribution in [0.2, 0.25) is 0 Å². The summed E-state index contributed by atoms with van der Waals surface area (Å²) in [5, 5.41) is 14.2. The lowest BCUT2D eigenvalue weighted by molar-refractivity contribution is 0.0592. The van der Waals surface area contributed by atoms with E-state index in [0.29, 0.717) is 43.1 Å². The number of nitrogens with one attached hydrogen (secondary N) is 4. The molecule has 9 aliphatic rings. The number of carbonyl (C=O) groups is 6. The molecule has 23 nitrogen and oxygen atoms in total. The molecule has 6 heterocycles. The summed E-state index contributed by atoms with van der Waals surface area (Å²) in [5.41, 5.74) is 9.76. The molecule has 0 unspecified atom stereocenters. The van der Waals surface area contributed by atoms with E-state index in [4.69, 9.17) is 18.9 Å². The number of methoxy groups -OCH3 is 2. The molecule has 4 N–H and O–H groups in total. The number of hydrogen-bond donors (Lipinski definition) is 4. The molecule has 23 heteroatoms. The number of urea groups is 4. The highest BCUT2D eigenvalue weighted by Crippen LogP contribution is 2.52. The van der Waals surface area contributed by atoms with Crippen LogP contribution in [0.3, 0.4) is 0 Å². The van der Waals surface area contributed by atoms with Crippen molar-refractivity contribution in [3.8, 4) is 11.5 Å². The fourth-order valence-electron chi connectivity index (χ4n) is 20.5.